The smallest absolute Gasteiger partial charge is 0.132 e. The van der Waals surface area contributed by atoms with Crippen LogP contribution in [-0.2, 0) is 6.42 Å². The minimum absolute atomic E-state index is 0.00627. The normalized spacial score (nSPS) is 12.5. The van der Waals surface area contributed by atoms with Gasteiger partial charge in [-0.2, -0.15) is 0 Å². The predicted molar refractivity (Wildman–Crippen MR) is 86.0 cm³/mol. The van der Waals surface area contributed by atoms with Crippen molar-refractivity contribution in [2.75, 3.05) is 7.05 Å². The Morgan fingerprint density at radius 1 is 1.10 bits per heavy atom. The number of benzene rings is 2. The fourth-order valence-electron chi connectivity index (χ4n) is 2.14. The fourth-order valence-corrected chi connectivity index (χ4v) is 2.86. The molecule has 21 heavy (non-hydrogen) atoms. The third kappa shape index (κ3) is 3.95. The number of halogens is 5. The Balaban J connectivity index is 2.34. The maximum absolute atomic E-state index is 14.0. The highest BCUT2D eigenvalue weighted by atomic mass is 79.9. The summed E-state index contributed by atoms with van der Waals surface area (Å²) in [5.74, 6) is -1.19. The van der Waals surface area contributed by atoms with Crippen molar-refractivity contribution in [3.63, 3.8) is 0 Å². The van der Waals surface area contributed by atoms with Crippen LogP contribution in [0.5, 0.6) is 0 Å². The van der Waals surface area contributed by atoms with E-state index in [1.165, 1.54) is 12.1 Å². The average molecular weight is 395 g/mol. The molecule has 0 spiro atoms. The Labute approximate surface area is 140 Å². The highest BCUT2D eigenvalue weighted by molar-refractivity contribution is 9.10. The van der Waals surface area contributed by atoms with Crippen LogP contribution >= 0.6 is 39.1 Å². The van der Waals surface area contributed by atoms with E-state index < -0.39 is 17.7 Å². The van der Waals surface area contributed by atoms with Gasteiger partial charge >= 0.3 is 0 Å². The first-order valence-electron chi connectivity index (χ1n) is 6.18. The van der Waals surface area contributed by atoms with Crippen LogP contribution in [0.2, 0.25) is 10.0 Å². The molecule has 0 radical (unpaired) electrons. The molecule has 0 heterocycles. The molecule has 0 saturated carbocycles. The average Bonchev–Trinajstić information content (AvgIpc) is 2.40. The first kappa shape index (κ1) is 16.7. The van der Waals surface area contributed by atoms with Gasteiger partial charge in [-0.1, -0.05) is 45.2 Å². The lowest BCUT2D eigenvalue weighted by Gasteiger charge is -2.19. The molecule has 2 rings (SSSR count). The summed E-state index contributed by atoms with van der Waals surface area (Å²) in [4.78, 5) is 0. The monoisotopic (exact) mass is 393 g/mol. The molecule has 0 aliphatic rings. The lowest BCUT2D eigenvalue weighted by molar-refractivity contribution is 0.488. The van der Waals surface area contributed by atoms with E-state index in [0.717, 1.165) is 5.56 Å². The van der Waals surface area contributed by atoms with E-state index in [1.807, 2.05) is 0 Å². The van der Waals surface area contributed by atoms with Gasteiger partial charge in [0, 0.05) is 16.1 Å². The standard InChI is InChI=1S/C15H12BrCl2F2N/c1-21-14(5-8-2-3-10(17)11(18)4-8)15-12(19)6-9(16)7-13(15)20/h2-4,6-7,14,21H,5H2,1H3. The molecule has 0 fully saturated rings. The van der Waals surface area contributed by atoms with Gasteiger partial charge in [-0.05, 0) is 43.3 Å². The minimum atomic E-state index is -0.596. The number of rotatable bonds is 4. The molecule has 0 saturated heterocycles. The molecule has 2 aromatic carbocycles. The Morgan fingerprint density at radius 2 is 1.71 bits per heavy atom. The van der Waals surface area contributed by atoms with Crippen molar-refractivity contribution < 1.29 is 8.78 Å². The summed E-state index contributed by atoms with van der Waals surface area (Å²) in [5, 5.41) is 3.79. The summed E-state index contributed by atoms with van der Waals surface area (Å²) in [6.07, 6.45) is 0.392. The van der Waals surface area contributed by atoms with Gasteiger partial charge in [0.1, 0.15) is 11.6 Å². The second kappa shape index (κ2) is 7.05. The molecule has 0 bridgehead atoms. The molecule has 1 N–H and O–H groups in total. The third-order valence-electron chi connectivity index (χ3n) is 3.16. The van der Waals surface area contributed by atoms with Gasteiger partial charge in [-0.3, -0.25) is 0 Å². The Kier molecular flexibility index (Phi) is 5.60. The number of hydrogen-bond donors (Lipinski definition) is 1. The highest BCUT2D eigenvalue weighted by Crippen LogP contribution is 2.29. The quantitative estimate of drug-likeness (QED) is 0.718. The topological polar surface area (TPSA) is 12.0 Å². The summed E-state index contributed by atoms with van der Waals surface area (Å²) in [5.41, 5.74) is 0.845. The maximum atomic E-state index is 14.0. The SMILES string of the molecule is CNC(Cc1ccc(Cl)c(Cl)c1)c1c(F)cc(Br)cc1F. The van der Waals surface area contributed by atoms with E-state index >= 15 is 0 Å². The number of likely N-dealkylation sites (N-methyl/N-ethyl adjacent to an activating group) is 1. The van der Waals surface area contributed by atoms with Gasteiger partial charge in [-0.15, -0.1) is 0 Å². The van der Waals surface area contributed by atoms with Crippen LogP contribution in [-0.4, -0.2) is 7.05 Å². The molecule has 0 aromatic heterocycles. The predicted octanol–water partition coefficient (Wildman–Crippen LogP) is 5.54. The summed E-state index contributed by atoms with van der Waals surface area (Å²) in [6, 6.07) is 7.14. The molecule has 2 aromatic rings. The van der Waals surface area contributed by atoms with Crippen molar-refractivity contribution >= 4 is 39.1 Å². The van der Waals surface area contributed by atoms with Gasteiger partial charge in [0.05, 0.1) is 10.0 Å². The first-order valence-corrected chi connectivity index (χ1v) is 7.73. The molecule has 0 aliphatic heterocycles. The van der Waals surface area contributed by atoms with Crippen molar-refractivity contribution in [2.24, 2.45) is 0 Å². The van der Waals surface area contributed by atoms with Gasteiger partial charge in [0.2, 0.25) is 0 Å². The van der Waals surface area contributed by atoms with E-state index in [2.05, 4.69) is 21.2 Å². The molecule has 1 atom stereocenters. The minimum Gasteiger partial charge on any atom is -0.313 e. The van der Waals surface area contributed by atoms with Crippen LogP contribution in [0.1, 0.15) is 17.2 Å². The van der Waals surface area contributed by atoms with Crippen molar-refractivity contribution in [3.8, 4) is 0 Å². The lowest BCUT2D eigenvalue weighted by Crippen LogP contribution is -2.21. The van der Waals surface area contributed by atoms with Crippen LogP contribution in [0, 0.1) is 11.6 Å². The van der Waals surface area contributed by atoms with Crippen LogP contribution in [0.15, 0.2) is 34.8 Å². The summed E-state index contributed by atoms with van der Waals surface area (Å²) < 4.78 is 28.4. The zero-order valence-electron chi connectivity index (χ0n) is 11.1. The van der Waals surface area contributed by atoms with Crippen molar-refractivity contribution in [2.45, 2.75) is 12.5 Å². The Bertz CT molecular complexity index is 641. The Morgan fingerprint density at radius 3 is 2.24 bits per heavy atom. The van der Waals surface area contributed by atoms with E-state index in [9.17, 15) is 8.78 Å². The number of nitrogens with one attached hydrogen (secondary N) is 1. The molecule has 1 nitrogen and oxygen atoms in total. The van der Waals surface area contributed by atoms with Crippen LogP contribution < -0.4 is 5.32 Å². The van der Waals surface area contributed by atoms with Gasteiger partial charge in [0.25, 0.3) is 0 Å². The summed E-state index contributed by atoms with van der Waals surface area (Å²) >= 11 is 14.9. The second-order valence-corrected chi connectivity index (χ2v) is 6.31. The lowest BCUT2D eigenvalue weighted by atomic mass is 9.98. The first-order chi connectivity index (χ1) is 9.92. The number of hydrogen-bond acceptors (Lipinski definition) is 1. The van der Waals surface area contributed by atoms with Crippen molar-refractivity contribution in [1.29, 1.82) is 0 Å². The molecular weight excluding hydrogens is 383 g/mol. The van der Waals surface area contributed by atoms with Gasteiger partial charge < -0.3 is 5.32 Å². The van der Waals surface area contributed by atoms with Crippen molar-refractivity contribution in [1.82, 2.24) is 5.32 Å². The van der Waals surface area contributed by atoms with E-state index in [-0.39, 0.29) is 5.56 Å². The molecule has 6 heteroatoms. The zero-order chi connectivity index (χ0) is 15.6. The zero-order valence-corrected chi connectivity index (χ0v) is 14.2. The van der Waals surface area contributed by atoms with Crippen LogP contribution in [0.3, 0.4) is 0 Å². The van der Waals surface area contributed by atoms with Gasteiger partial charge in [0.15, 0.2) is 0 Å². The van der Waals surface area contributed by atoms with Crippen LogP contribution in [0.25, 0.3) is 0 Å². The molecule has 0 aliphatic carbocycles. The van der Waals surface area contributed by atoms with E-state index in [4.69, 9.17) is 23.2 Å². The largest absolute Gasteiger partial charge is 0.313 e. The van der Waals surface area contributed by atoms with Crippen LogP contribution in [0.4, 0.5) is 8.78 Å². The second-order valence-electron chi connectivity index (χ2n) is 4.58. The van der Waals surface area contributed by atoms with Crippen molar-refractivity contribution in [3.05, 3.63) is 67.6 Å². The molecule has 112 valence electrons. The molecule has 1 unspecified atom stereocenters. The fraction of sp³-hybridized carbons (Fsp3) is 0.200. The van der Waals surface area contributed by atoms with E-state index in [1.54, 1.807) is 25.2 Å². The maximum Gasteiger partial charge on any atom is 0.132 e. The van der Waals surface area contributed by atoms with E-state index in [0.29, 0.717) is 20.9 Å². The Hall–Kier alpha value is -0.680. The third-order valence-corrected chi connectivity index (χ3v) is 4.36. The highest BCUT2D eigenvalue weighted by Gasteiger charge is 2.20. The van der Waals surface area contributed by atoms with Gasteiger partial charge in [-0.25, -0.2) is 8.78 Å². The summed E-state index contributed by atoms with van der Waals surface area (Å²) in [6.45, 7) is 0. The molecular formula is C15H12BrCl2F2N. The molecule has 0 amide bonds. The summed E-state index contributed by atoms with van der Waals surface area (Å²) in [7, 11) is 1.66.